The Morgan fingerprint density at radius 3 is 2.88 bits per heavy atom. The van der Waals surface area contributed by atoms with Gasteiger partial charge in [-0.1, -0.05) is 25.7 Å². The van der Waals surface area contributed by atoms with Crippen LogP contribution in [0.1, 0.15) is 39.5 Å². The summed E-state index contributed by atoms with van der Waals surface area (Å²) in [6.45, 7) is 7.75. The van der Waals surface area contributed by atoms with Crippen LogP contribution in [0.4, 0.5) is 0 Å². The molecule has 96 valence electrons. The summed E-state index contributed by atoms with van der Waals surface area (Å²) in [6, 6.07) is 0. The number of nitrogens with one attached hydrogen (secondary N) is 1. The number of hydrogen-bond donors (Lipinski definition) is 1. The Hall–Kier alpha value is -1.01. The third kappa shape index (κ3) is 6.33. The number of carbonyl (C=O) groups excluding carboxylic acids is 1. The van der Waals surface area contributed by atoms with E-state index < -0.39 is 0 Å². The van der Waals surface area contributed by atoms with Crippen molar-refractivity contribution >= 4 is 5.91 Å². The third-order valence-corrected chi connectivity index (χ3v) is 2.91. The highest BCUT2D eigenvalue weighted by molar-refractivity contribution is 5.78. The lowest BCUT2D eigenvalue weighted by atomic mass is 10.1. The van der Waals surface area contributed by atoms with E-state index in [9.17, 15) is 4.79 Å². The van der Waals surface area contributed by atoms with Crippen LogP contribution in [0.15, 0.2) is 0 Å². The van der Waals surface area contributed by atoms with E-state index >= 15 is 0 Å². The van der Waals surface area contributed by atoms with Gasteiger partial charge in [-0.05, 0) is 31.7 Å². The highest BCUT2D eigenvalue weighted by atomic mass is 16.2. The van der Waals surface area contributed by atoms with Gasteiger partial charge in [0.15, 0.2) is 0 Å². The van der Waals surface area contributed by atoms with Gasteiger partial charge in [0.05, 0.1) is 13.1 Å². The second kappa shape index (κ2) is 8.14. The molecule has 0 atom stereocenters. The smallest absolute Gasteiger partial charge is 0.223 e. The number of amides is 1. The molecular weight excluding hydrogens is 212 g/mol. The van der Waals surface area contributed by atoms with Crippen LogP contribution in [-0.2, 0) is 4.79 Å². The number of rotatable bonds is 6. The third-order valence-electron chi connectivity index (χ3n) is 2.91. The number of carbonyl (C=O) groups is 1. The van der Waals surface area contributed by atoms with Crippen LogP contribution in [-0.4, -0.2) is 37.0 Å². The zero-order chi connectivity index (χ0) is 12.5. The largest absolute Gasteiger partial charge is 0.332 e. The van der Waals surface area contributed by atoms with Crippen molar-refractivity contribution in [2.45, 2.75) is 39.5 Å². The summed E-state index contributed by atoms with van der Waals surface area (Å²) in [6.07, 6.45) is 4.18. The van der Waals surface area contributed by atoms with Crippen LogP contribution >= 0.6 is 0 Å². The maximum Gasteiger partial charge on any atom is 0.223 e. The Bertz CT molecular complexity index is 288. The molecule has 1 saturated heterocycles. The minimum Gasteiger partial charge on any atom is -0.332 e. The molecule has 0 radical (unpaired) electrons. The van der Waals surface area contributed by atoms with Crippen molar-refractivity contribution in [3.8, 4) is 11.8 Å². The van der Waals surface area contributed by atoms with E-state index in [1.165, 1.54) is 12.8 Å². The normalized spacial score (nSPS) is 15.2. The van der Waals surface area contributed by atoms with Crippen molar-refractivity contribution in [1.29, 1.82) is 0 Å². The van der Waals surface area contributed by atoms with Gasteiger partial charge >= 0.3 is 0 Å². The Balaban J connectivity index is 1.97. The lowest BCUT2D eigenvalue weighted by Crippen LogP contribution is -2.25. The summed E-state index contributed by atoms with van der Waals surface area (Å²) < 4.78 is 0. The molecule has 1 rings (SSSR count). The average molecular weight is 236 g/mol. The molecule has 0 bridgehead atoms. The summed E-state index contributed by atoms with van der Waals surface area (Å²) >= 11 is 0. The fourth-order valence-electron chi connectivity index (χ4n) is 1.87. The molecule has 1 heterocycles. The Morgan fingerprint density at radius 2 is 2.24 bits per heavy atom. The minimum atomic E-state index is 0.254. The van der Waals surface area contributed by atoms with Crippen LogP contribution < -0.4 is 5.32 Å². The summed E-state index contributed by atoms with van der Waals surface area (Å²) in [5.41, 5.74) is 0. The first-order valence-corrected chi connectivity index (χ1v) is 6.64. The summed E-state index contributed by atoms with van der Waals surface area (Å²) in [7, 11) is 0. The van der Waals surface area contributed by atoms with Gasteiger partial charge in [0.2, 0.25) is 5.91 Å². The second-order valence-electron chi connectivity index (χ2n) is 4.99. The summed E-state index contributed by atoms with van der Waals surface area (Å²) in [4.78, 5) is 13.1. The Morgan fingerprint density at radius 1 is 1.41 bits per heavy atom. The molecule has 1 amide bonds. The SMILES string of the molecule is CC(C)CCCNCC#CCN1CCCC1=O. The molecule has 0 spiro atoms. The van der Waals surface area contributed by atoms with E-state index in [1.807, 2.05) is 4.90 Å². The summed E-state index contributed by atoms with van der Waals surface area (Å²) in [5.74, 6) is 7.15. The molecule has 0 unspecified atom stereocenters. The predicted molar refractivity (Wildman–Crippen MR) is 70.5 cm³/mol. The molecule has 1 aliphatic heterocycles. The zero-order valence-corrected chi connectivity index (χ0v) is 11.1. The first kappa shape index (κ1) is 14.1. The van der Waals surface area contributed by atoms with E-state index in [4.69, 9.17) is 0 Å². The molecule has 0 aliphatic carbocycles. The quantitative estimate of drug-likeness (QED) is 0.561. The lowest BCUT2D eigenvalue weighted by Gasteiger charge is -2.09. The van der Waals surface area contributed by atoms with E-state index in [0.717, 1.165) is 32.0 Å². The van der Waals surface area contributed by atoms with Crippen molar-refractivity contribution < 1.29 is 4.79 Å². The molecule has 0 saturated carbocycles. The topological polar surface area (TPSA) is 32.3 Å². The van der Waals surface area contributed by atoms with Gasteiger partial charge in [0.1, 0.15) is 0 Å². The van der Waals surface area contributed by atoms with Crippen LogP contribution in [0, 0.1) is 17.8 Å². The highest BCUT2D eigenvalue weighted by Gasteiger charge is 2.18. The van der Waals surface area contributed by atoms with Crippen molar-refractivity contribution in [1.82, 2.24) is 10.2 Å². The van der Waals surface area contributed by atoms with E-state index in [0.29, 0.717) is 13.0 Å². The number of nitrogens with zero attached hydrogens (tertiary/aromatic N) is 1. The highest BCUT2D eigenvalue weighted by Crippen LogP contribution is 2.07. The molecule has 0 aromatic carbocycles. The predicted octanol–water partition coefficient (Wildman–Crippen LogP) is 1.64. The van der Waals surface area contributed by atoms with Gasteiger partial charge in [-0.25, -0.2) is 0 Å². The van der Waals surface area contributed by atoms with E-state index in [2.05, 4.69) is 31.0 Å². The Kier molecular flexibility index (Phi) is 6.73. The fourth-order valence-corrected chi connectivity index (χ4v) is 1.87. The molecule has 0 aromatic rings. The molecule has 3 heteroatoms. The van der Waals surface area contributed by atoms with Gasteiger partial charge in [0.25, 0.3) is 0 Å². The van der Waals surface area contributed by atoms with Gasteiger partial charge in [0, 0.05) is 13.0 Å². The van der Waals surface area contributed by atoms with Crippen molar-refractivity contribution in [2.75, 3.05) is 26.2 Å². The first-order chi connectivity index (χ1) is 8.20. The van der Waals surface area contributed by atoms with Crippen LogP contribution in [0.5, 0.6) is 0 Å². The van der Waals surface area contributed by atoms with Crippen molar-refractivity contribution in [3.05, 3.63) is 0 Å². The van der Waals surface area contributed by atoms with Crippen LogP contribution in [0.2, 0.25) is 0 Å². The summed E-state index contributed by atoms with van der Waals surface area (Å²) in [5, 5.41) is 3.30. The molecule has 1 N–H and O–H groups in total. The first-order valence-electron chi connectivity index (χ1n) is 6.64. The molecule has 0 aromatic heterocycles. The van der Waals surface area contributed by atoms with Crippen molar-refractivity contribution in [2.24, 2.45) is 5.92 Å². The fraction of sp³-hybridized carbons (Fsp3) is 0.786. The monoisotopic (exact) mass is 236 g/mol. The van der Waals surface area contributed by atoms with Crippen molar-refractivity contribution in [3.63, 3.8) is 0 Å². The molecule has 1 aliphatic rings. The minimum absolute atomic E-state index is 0.254. The lowest BCUT2D eigenvalue weighted by molar-refractivity contribution is -0.127. The average Bonchev–Trinajstić information content (AvgIpc) is 2.68. The van der Waals surface area contributed by atoms with Gasteiger partial charge in [-0.3, -0.25) is 4.79 Å². The Labute approximate surface area is 105 Å². The van der Waals surface area contributed by atoms with Crippen LogP contribution in [0.25, 0.3) is 0 Å². The molecular formula is C14H24N2O. The van der Waals surface area contributed by atoms with Crippen LogP contribution in [0.3, 0.4) is 0 Å². The molecule has 1 fully saturated rings. The zero-order valence-electron chi connectivity index (χ0n) is 11.1. The number of likely N-dealkylation sites (tertiary alicyclic amines) is 1. The molecule has 17 heavy (non-hydrogen) atoms. The van der Waals surface area contributed by atoms with E-state index in [-0.39, 0.29) is 5.91 Å². The van der Waals surface area contributed by atoms with Gasteiger partial charge < -0.3 is 10.2 Å². The standard InChI is InChI=1S/C14H24N2O/c1-13(2)7-5-10-15-9-3-4-11-16-12-6-8-14(16)17/h13,15H,5-12H2,1-2H3. The van der Waals surface area contributed by atoms with E-state index in [1.54, 1.807) is 0 Å². The molecule has 3 nitrogen and oxygen atoms in total. The van der Waals surface area contributed by atoms with Gasteiger partial charge in [-0.2, -0.15) is 0 Å². The maximum atomic E-state index is 11.3. The second-order valence-corrected chi connectivity index (χ2v) is 4.99. The number of hydrogen-bond acceptors (Lipinski definition) is 2. The maximum absolute atomic E-state index is 11.3. The van der Waals surface area contributed by atoms with Gasteiger partial charge in [-0.15, -0.1) is 0 Å².